The molecule has 0 unspecified atom stereocenters. The Balaban J connectivity index is 2.09. The van der Waals surface area contributed by atoms with Crippen LogP contribution in [-0.2, 0) is 7.05 Å². The Morgan fingerprint density at radius 1 is 1.20 bits per heavy atom. The van der Waals surface area contributed by atoms with Gasteiger partial charge >= 0.3 is 0 Å². The van der Waals surface area contributed by atoms with E-state index in [9.17, 15) is 0 Å². The molecule has 0 spiro atoms. The van der Waals surface area contributed by atoms with Crippen molar-refractivity contribution in [2.45, 2.75) is 6.92 Å². The fourth-order valence-corrected chi connectivity index (χ4v) is 3.65. The van der Waals surface area contributed by atoms with Gasteiger partial charge in [-0.25, -0.2) is 4.98 Å². The number of rotatable bonds is 2. The minimum absolute atomic E-state index is 0.612. The predicted molar refractivity (Wildman–Crippen MR) is 84.5 cm³/mol. The number of hydrogen-bond acceptors (Lipinski definition) is 3. The van der Waals surface area contributed by atoms with Gasteiger partial charge in [0.15, 0.2) is 0 Å². The first-order valence-electron chi connectivity index (χ1n) is 5.97. The number of halogens is 2. The van der Waals surface area contributed by atoms with Crippen molar-refractivity contribution in [3.63, 3.8) is 0 Å². The lowest BCUT2D eigenvalue weighted by Gasteiger charge is -2.02. The van der Waals surface area contributed by atoms with E-state index in [1.165, 1.54) is 11.3 Å². The van der Waals surface area contributed by atoms with Crippen molar-refractivity contribution in [1.82, 2.24) is 14.8 Å². The largest absolute Gasteiger partial charge is 0.275 e. The Morgan fingerprint density at radius 3 is 2.50 bits per heavy atom. The van der Waals surface area contributed by atoms with E-state index in [1.54, 1.807) is 4.68 Å². The zero-order chi connectivity index (χ0) is 14.3. The third kappa shape index (κ3) is 2.35. The Hall–Kier alpha value is -1.36. The second-order valence-corrected chi connectivity index (χ2v) is 6.11. The summed E-state index contributed by atoms with van der Waals surface area (Å²) in [6.45, 7) is 1.97. The Morgan fingerprint density at radius 2 is 1.90 bits per heavy atom. The lowest BCUT2D eigenvalue weighted by Crippen LogP contribution is -1.86. The molecule has 3 aromatic rings. The lowest BCUT2D eigenvalue weighted by molar-refractivity contribution is 0.756. The van der Waals surface area contributed by atoms with Crippen LogP contribution in [0, 0.1) is 6.92 Å². The first-order chi connectivity index (χ1) is 9.56. The van der Waals surface area contributed by atoms with Crippen molar-refractivity contribution >= 4 is 34.5 Å². The molecule has 0 aliphatic heterocycles. The summed E-state index contributed by atoms with van der Waals surface area (Å²) in [5, 5.41) is 8.38. The lowest BCUT2D eigenvalue weighted by atomic mass is 10.2. The smallest absolute Gasteiger partial charge is 0.127 e. The zero-order valence-electron chi connectivity index (χ0n) is 10.9. The molecule has 0 aliphatic carbocycles. The maximum atomic E-state index is 6.22. The molecule has 0 radical (unpaired) electrons. The minimum atomic E-state index is 0.612. The summed E-state index contributed by atoms with van der Waals surface area (Å²) in [6, 6.07) is 5.46. The van der Waals surface area contributed by atoms with E-state index in [1.807, 2.05) is 43.7 Å². The molecule has 2 aromatic heterocycles. The van der Waals surface area contributed by atoms with Crippen LogP contribution in [0.3, 0.4) is 0 Å². The van der Waals surface area contributed by atoms with Crippen LogP contribution in [0.25, 0.3) is 21.8 Å². The Labute approximate surface area is 130 Å². The molecular weight excluding hydrogens is 313 g/mol. The van der Waals surface area contributed by atoms with Crippen molar-refractivity contribution in [1.29, 1.82) is 0 Å². The highest BCUT2D eigenvalue weighted by Gasteiger charge is 2.15. The van der Waals surface area contributed by atoms with Gasteiger partial charge in [-0.2, -0.15) is 5.10 Å². The molecule has 0 atom stereocenters. The summed E-state index contributed by atoms with van der Waals surface area (Å²) in [5.41, 5.74) is 3.66. The molecule has 3 nitrogen and oxygen atoms in total. The van der Waals surface area contributed by atoms with Gasteiger partial charge in [0.2, 0.25) is 0 Å². The second kappa shape index (κ2) is 5.20. The van der Waals surface area contributed by atoms with Gasteiger partial charge in [0.1, 0.15) is 5.01 Å². The average Bonchev–Trinajstić information content (AvgIpc) is 2.96. The van der Waals surface area contributed by atoms with Gasteiger partial charge in [-0.15, -0.1) is 11.3 Å². The number of benzene rings is 1. The molecule has 2 heterocycles. The number of aromatic nitrogens is 3. The summed E-state index contributed by atoms with van der Waals surface area (Å²) >= 11 is 14.0. The topological polar surface area (TPSA) is 30.7 Å². The summed E-state index contributed by atoms with van der Waals surface area (Å²) < 4.78 is 1.78. The van der Waals surface area contributed by atoms with Crippen molar-refractivity contribution < 1.29 is 0 Å². The molecule has 1 aromatic carbocycles. The molecule has 102 valence electrons. The van der Waals surface area contributed by atoms with E-state index >= 15 is 0 Å². The summed E-state index contributed by atoms with van der Waals surface area (Å²) in [4.78, 5) is 4.64. The molecule has 0 fully saturated rings. The highest BCUT2D eigenvalue weighted by molar-refractivity contribution is 7.13. The van der Waals surface area contributed by atoms with Gasteiger partial charge in [0.05, 0.1) is 21.4 Å². The summed E-state index contributed by atoms with van der Waals surface area (Å²) in [5.74, 6) is 0. The Kier molecular flexibility index (Phi) is 3.54. The van der Waals surface area contributed by atoms with Gasteiger partial charge in [-0.1, -0.05) is 29.3 Å². The Bertz CT molecular complexity index is 756. The molecule has 0 aliphatic rings. The zero-order valence-corrected chi connectivity index (χ0v) is 13.2. The van der Waals surface area contributed by atoms with E-state index in [4.69, 9.17) is 23.2 Å². The first kappa shape index (κ1) is 13.6. The van der Waals surface area contributed by atoms with Crippen LogP contribution in [0.1, 0.15) is 5.69 Å². The number of thiazole rings is 1. The summed E-state index contributed by atoms with van der Waals surface area (Å²) in [6.07, 6.45) is 1.96. The van der Waals surface area contributed by atoms with Crippen LogP contribution in [0.5, 0.6) is 0 Å². The van der Waals surface area contributed by atoms with E-state index < -0.39 is 0 Å². The summed E-state index contributed by atoms with van der Waals surface area (Å²) in [7, 11) is 1.90. The van der Waals surface area contributed by atoms with Crippen molar-refractivity contribution in [2.75, 3.05) is 0 Å². The third-order valence-electron chi connectivity index (χ3n) is 2.97. The first-order valence-corrected chi connectivity index (χ1v) is 7.60. The minimum Gasteiger partial charge on any atom is -0.275 e. The SMILES string of the molecule is Cc1nn(C)cc1-c1csc(-c2c(Cl)cccc2Cl)n1. The third-order valence-corrected chi connectivity index (χ3v) is 4.46. The van der Waals surface area contributed by atoms with Crippen molar-refractivity contribution in [3.8, 4) is 21.8 Å². The van der Waals surface area contributed by atoms with Gasteiger partial charge in [-0.05, 0) is 19.1 Å². The highest BCUT2D eigenvalue weighted by Crippen LogP contribution is 2.38. The molecule has 0 bridgehead atoms. The molecular formula is C14H11Cl2N3S. The molecule has 0 saturated carbocycles. The van der Waals surface area contributed by atoms with E-state index in [2.05, 4.69) is 10.1 Å². The van der Waals surface area contributed by atoms with Crippen molar-refractivity contribution in [3.05, 3.63) is 45.5 Å². The normalized spacial score (nSPS) is 11.0. The van der Waals surface area contributed by atoms with Crippen LogP contribution in [-0.4, -0.2) is 14.8 Å². The van der Waals surface area contributed by atoms with Crippen LogP contribution < -0.4 is 0 Å². The van der Waals surface area contributed by atoms with Gasteiger partial charge < -0.3 is 0 Å². The average molecular weight is 324 g/mol. The van der Waals surface area contributed by atoms with Gasteiger partial charge in [0.25, 0.3) is 0 Å². The maximum absolute atomic E-state index is 6.22. The molecule has 0 saturated heterocycles. The van der Waals surface area contributed by atoms with Crippen LogP contribution in [0.15, 0.2) is 29.8 Å². The van der Waals surface area contributed by atoms with Crippen molar-refractivity contribution in [2.24, 2.45) is 7.05 Å². The number of hydrogen-bond donors (Lipinski definition) is 0. The predicted octanol–water partition coefficient (Wildman–Crippen LogP) is 4.83. The quantitative estimate of drug-likeness (QED) is 0.676. The fraction of sp³-hybridized carbons (Fsp3) is 0.143. The maximum Gasteiger partial charge on any atom is 0.127 e. The standard InChI is InChI=1S/C14H11Cl2N3S/c1-8-9(6-19(2)18-8)12-7-20-14(17-12)13-10(15)4-3-5-11(13)16/h3-7H,1-2H3. The monoisotopic (exact) mass is 323 g/mol. The second-order valence-electron chi connectivity index (χ2n) is 4.44. The van der Waals surface area contributed by atoms with E-state index in [0.717, 1.165) is 27.5 Å². The highest BCUT2D eigenvalue weighted by atomic mass is 35.5. The van der Waals surface area contributed by atoms with E-state index in [0.29, 0.717) is 10.0 Å². The van der Waals surface area contributed by atoms with Crippen LogP contribution in [0.4, 0.5) is 0 Å². The van der Waals surface area contributed by atoms with Gasteiger partial charge in [0, 0.05) is 29.8 Å². The van der Waals surface area contributed by atoms with Crippen LogP contribution in [0.2, 0.25) is 10.0 Å². The van der Waals surface area contributed by atoms with E-state index in [-0.39, 0.29) is 0 Å². The number of nitrogens with zero attached hydrogens (tertiary/aromatic N) is 3. The molecule has 0 amide bonds. The van der Waals surface area contributed by atoms with Gasteiger partial charge in [-0.3, -0.25) is 4.68 Å². The fourth-order valence-electron chi connectivity index (χ4n) is 2.07. The number of aryl methyl sites for hydroxylation is 2. The molecule has 0 N–H and O–H groups in total. The molecule has 20 heavy (non-hydrogen) atoms. The molecule has 3 rings (SSSR count). The van der Waals surface area contributed by atoms with Crippen LogP contribution >= 0.6 is 34.5 Å². The molecule has 6 heteroatoms.